The first-order valence-electron chi connectivity index (χ1n) is 6.64. The standard InChI is InChI=1S/C17H14F3NO/c18-17(19,20)16(22)21-15-12-5-4-10-14(15)11-6-9-13-7-2-1-3-8-13/h1-10,12H,11H2,(H,21,22)/b9-6+. The van der Waals surface area contributed by atoms with Crippen molar-refractivity contribution in [2.45, 2.75) is 12.6 Å². The number of allylic oxidation sites excluding steroid dienone is 1. The molecule has 0 aliphatic carbocycles. The molecule has 0 fully saturated rings. The molecule has 1 amide bonds. The number of benzene rings is 2. The van der Waals surface area contributed by atoms with Crippen molar-refractivity contribution in [3.8, 4) is 0 Å². The fourth-order valence-electron chi connectivity index (χ4n) is 1.90. The highest BCUT2D eigenvalue weighted by atomic mass is 19.4. The minimum Gasteiger partial charge on any atom is -0.318 e. The number of hydrogen-bond donors (Lipinski definition) is 1. The van der Waals surface area contributed by atoms with Gasteiger partial charge in [0.25, 0.3) is 0 Å². The van der Waals surface area contributed by atoms with Gasteiger partial charge in [0.1, 0.15) is 0 Å². The van der Waals surface area contributed by atoms with Crippen LogP contribution in [0.2, 0.25) is 0 Å². The molecule has 0 radical (unpaired) electrons. The Labute approximate surface area is 126 Å². The van der Waals surface area contributed by atoms with Crippen LogP contribution in [0.5, 0.6) is 0 Å². The fourth-order valence-corrected chi connectivity index (χ4v) is 1.90. The summed E-state index contributed by atoms with van der Waals surface area (Å²) in [6.45, 7) is 0. The van der Waals surface area contributed by atoms with E-state index in [4.69, 9.17) is 0 Å². The number of anilines is 1. The van der Waals surface area contributed by atoms with E-state index in [0.29, 0.717) is 12.0 Å². The molecule has 0 spiro atoms. The highest BCUT2D eigenvalue weighted by molar-refractivity contribution is 5.95. The molecule has 2 rings (SSSR count). The molecule has 1 N–H and O–H groups in total. The molecule has 2 aromatic rings. The summed E-state index contributed by atoms with van der Waals surface area (Å²) in [5.74, 6) is -1.97. The maximum Gasteiger partial charge on any atom is 0.471 e. The van der Waals surface area contributed by atoms with Gasteiger partial charge in [0, 0.05) is 5.69 Å². The second-order valence-corrected chi connectivity index (χ2v) is 4.63. The van der Waals surface area contributed by atoms with Gasteiger partial charge in [-0.05, 0) is 23.6 Å². The quantitative estimate of drug-likeness (QED) is 0.888. The summed E-state index contributed by atoms with van der Waals surface area (Å²) < 4.78 is 36.9. The van der Waals surface area contributed by atoms with Gasteiger partial charge in [-0.25, -0.2) is 0 Å². The Morgan fingerprint density at radius 3 is 2.32 bits per heavy atom. The van der Waals surface area contributed by atoms with Gasteiger partial charge in [0.15, 0.2) is 0 Å². The summed E-state index contributed by atoms with van der Waals surface area (Å²) in [4.78, 5) is 11.0. The topological polar surface area (TPSA) is 29.1 Å². The molecule has 0 bridgehead atoms. The minimum absolute atomic E-state index is 0.169. The van der Waals surface area contributed by atoms with E-state index < -0.39 is 12.1 Å². The molecule has 0 saturated heterocycles. The van der Waals surface area contributed by atoms with Crippen LogP contribution in [0.25, 0.3) is 6.08 Å². The zero-order valence-electron chi connectivity index (χ0n) is 11.6. The third kappa shape index (κ3) is 4.48. The van der Waals surface area contributed by atoms with Gasteiger partial charge in [0.2, 0.25) is 0 Å². The van der Waals surface area contributed by atoms with Gasteiger partial charge in [0.05, 0.1) is 0 Å². The van der Waals surface area contributed by atoms with E-state index in [1.54, 1.807) is 18.2 Å². The Morgan fingerprint density at radius 1 is 1.00 bits per heavy atom. The van der Waals surface area contributed by atoms with Crippen LogP contribution < -0.4 is 5.32 Å². The minimum atomic E-state index is -4.90. The molecular formula is C17H14F3NO. The molecule has 5 heteroatoms. The Balaban J connectivity index is 2.09. The molecular weight excluding hydrogens is 291 g/mol. The van der Waals surface area contributed by atoms with Gasteiger partial charge in [-0.1, -0.05) is 60.7 Å². The first kappa shape index (κ1) is 15.8. The zero-order valence-corrected chi connectivity index (χ0v) is 11.6. The molecule has 0 aromatic heterocycles. The molecule has 0 aliphatic heterocycles. The van der Waals surface area contributed by atoms with Crippen LogP contribution in [0.4, 0.5) is 18.9 Å². The number of para-hydroxylation sites is 1. The molecule has 2 nitrogen and oxygen atoms in total. The summed E-state index contributed by atoms with van der Waals surface area (Å²) in [7, 11) is 0. The van der Waals surface area contributed by atoms with Crippen molar-refractivity contribution in [3.63, 3.8) is 0 Å². The molecule has 0 unspecified atom stereocenters. The number of nitrogens with one attached hydrogen (secondary N) is 1. The molecule has 0 saturated carbocycles. The number of carbonyl (C=O) groups excluding carboxylic acids is 1. The molecule has 0 heterocycles. The van der Waals surface area contributed by atoms with Gasteiger partial charge < -0.3 is 5.32 Å². The van der Waals surface area contributed by atoms with E-state index in [9.17, 15) is 18.0 Å². The Hall–Kier alpha value is -2.56. The van der Waals surface area contributed by atoms with Crippen molar-refractivity contribution in [1.82, 2.24) is 0 Å². The normalized spacial score (nSPS) is 11.6. The third-order valence-electron chi connectivity index (χ3n) is 2.97. The van der Waals surface area contributed by atoms with Gasteiger partial charge >= 0.3 is 12.1 Å². The van der Waals surface area contributed by atoms with E-state index in [0.717, 1.165) is 5.56 Å². The van der Waals surface area contributed by atoms with Crippen molar-refractivity contribution in [3.05, 3.63) is 71.8 Å². The number of halogens is 3. The molecule has 0 atom stereocenters. The average Bonchev–Trinajstić information content (AvgIpc) is 2.49. The predicted octanol–water partition coefficient (Wildman–Crippen LogP) is 4.44. The molecule has 114 valence electrons. The summed E-state index contributed by atoms with van der Waals surface area (Å²) in [6.07, 6.45) is -0.757. The predicted molar refractivity (Wildman–Crippen MR) is 80.3 cm³/mol. The van der Waals surface area contributed by atoms with Gasteiger partial charge in [-0.15, -0.1) is 0 Å². The summed E-state index contributed by atoms with van der Waals surface area (Å²) in [5, 5.41) is 1.90. The van der Waals surface area contributed by atoms with E-state index in [1.165, 1.54) is 6.07 Å². The summed E-state index contributed by atoms with van der Waals surface area (Å²) in [6, 6.07) is 16.0. The summed E-state index contributed by atoms with van der Waals surface area (Å²) >= 11 is 0. The molecule has 2 aromatic carbocycles. The Morgan fingerprint density at radius 2 is 1.64 bits per heavy atom. The smallest absolute Gasteiger partial charge is 0.318 e. The second kappa shape index (κ2) is 6.93. The highest BCUT2D eigenvalue weighted by Gasteiger charge is 2.38. The third-order valence-corrected chi connectivity index (χ3v) is 2.97. The average molecular weight is 305 g/mol. The lowest BCUT2D eigenvalue weighted by molar-refractivity contribution is -0.167. The van der Waals surface area contributed by atoms with Crippen LogP contribution in [0.15, 0.2) is 60.7 Å². The first-order chi connectivity index (χ1) is 10.5. The molecule has 22 heavy (non-hydrogen) atoms. The van der Waals surface area contributed by atoms with E-state index >= 15 is 0 Å². The number of rotatable bonds is 4. The number of amides is 1. The number of hydrogen-bond acceptors (Lipinski definition) is 1. The SMILES string of the molecule is O=C(Nc1ccccc1C/C=C/c1ccccc1)C(F)(F)F. The van der Waals surface area contributed by atoms with Crippen molar-refractivity contribution in [2.24, 2.45) is 0 Å². The number of alkyl halides is 3. The van der Waals surface area contributed by atoms with Crippen LogP contribution in [-0.4, -0.2) is 12.1 Å². The van der Waals surface area contributed by atoms with Crippen molar-refractivity contribution in [1.29, 1.82) is 0 Å². The Bertz CT molecular complexity index is 663. The van der Waals surface area contributed by atoms with Crippen LogP contribution >= 0.6 is 0 Å². The van der Waals surface area contributed by atoms with Crippen molar-refractivity contribution >= 4 is 17.7 Å². The highest BCUT2D eigenvalue weighted by Crippen LogP contribution is 2.21. The molecule has 0 aliphatic rings. The lowest BCUT2D eigenvalue weighted by atomic mass is 10.1. The largest absolute Gasteiger partial charge is 0.471 e. The lowest BCUT2D eigenvalue weighted by Gasteiger charge is -2.11. The number of carbonyl (C=O) groups is 1. The van der Waals surface area contributed by atoms with E-state index in [2.05, 4.69) is 0 Å². The van der Waals surface area contributed by atoms with Crippen LogP contribution in [0, 0.1) is 0 Å². The van der Waals surface area contributed by atoms with E-state index in [-0.39, 0.29) is 5.69 Å². The maximum atomic E-state index is 12.3. The monoisotopic (exact) mass is 305 g/mol. The Kier molecular flexibility index (Phi) is 4.99. The lowest BCUT2D eigenvalue weighted by Crippen LogP contribution is -2.30. The first-order valence-corrected chi connectivity index (χ1v) is 6.64. The zero-order chi connectivity index (χ0) is 16.0. The van der Waals surface area contributed by atoms with E-state index in [1.807, 2.05) is 47.8 Å². The summed E-state index contributed by atoms with van der Waals surface area (Å²) in [5.41, 5.74) is 1.79. The van der Waals surface area contributed by atoms with Crippen molar-refractivity contribution < 1.29 is 18.0 Å². The van der Waals surface area contributed by atoms with Gasteiger partial charge in [-0.3, -0.25) is 4.79 Å². The van der Waals surface area contributed by atoms with Crippen LogP contribution in [0.3, 0.4) is 0 Å². The fraction of sp³-hybridized carbons (Fsp3) is 0.118. The van der Waals surface area contributed by atoms with Crippen LogP contribution in [-0.2, 0) is 11.2 Å². The maximum absolute atomic E-state index is 12.3. The van der Waals surface area contributed by atoms with Gasteiger partial charge in [-0.2, -0.15) is 13.2 Å². The van der Waals surface area contributed by atoms with Crippen LogP contribution in [0.1, 0.15) is 11.1 Å². The second-order valence-electron chi connectivity index (χ2n) is 4.63. The van der Waals surface area contributed by atoms with Crippen molar-refractivity contribution in [2.75, 3.05) is 5.32 Å².